The highest BCUT2D eigenvalue weighted by Gasteiger charge is 2.34. The van der Waals surface area contributed by atoms with Crippen molar-refractivity contribution in [1.29, 1.82) is 0 Å². The molecule has 34 heavy (non-hydrogen) atoms. The topological polar surface area (TPSA) is 95.2 Å². The Kier molecular flexibility index (Phi) is 6.53. The zero-order chi connectivity index (χ0) is 23.7. The van der Waals surface area contributed by atoms with Crippen LogP contribution in [0.15, 0.2) is 46.9 Å². The van der Waals surface area contributed by atoms with Gasteiger partial charge in [0, 0.05) is 48.8 Å². The summed E-state index contributed by atoms with van der Waals surface area (Å²) in [5.74, 6) is 0.226. The highest BCUT2D eigenvalue weighted by molar-refractivity contribution is 6.30. The Labute approximate surface area is 203 Å². The lowest BCUT2D eigenvalue weighted by atomic mass is 9.84. The third-order valence-electron chi connectivity index (χ3n) is 6.91. The number of benzene rings is 2. The standard InChI is InChI=1S/C26H29ClN2O5/c27-20-4-5-22(30)18(13-20)16-29-9-7-26(32,8-10-29)19-3-6-23-17(12-19)14-24(34-23)25(31)28-15-21-2-1-11-33-21/h3-6,12-14,21,30,32H,1-2,7-11,15-16H2,(H,28,31). The number of furan rings is 1. The normalized spacial score (nSPS) is 20.6. The minimum absolute atomic E-state index is 0.0721. The van der Waals surface area contributed by atoms with Crippen LogP contribution in [0.3, 0.4) is 0 Å². The van der Waals surface area contributed by atoms with Gasteiger partial charge < -0.3 is 24.7 Å². The molecule has 3 aromatic rings. The molecule has 180 valence electrons. The first-order valence-electron chi connectivity index (χ1n) is 11.8. The van der Waals surface area contributed by atoms with Gasteiger partial charge in [0.05, 0.1) is 11.7 Å². The Morgan fingerprint density at radius 2 is 2.00 bits per heavy atom. The van der Waals surface area contributed by atoms with Gasteiger partial charge in [0.2, 0.25) is 0 Å². The fraction of sp³-hybridized carbons (Fsp3) is 0.423. The van der Waals surface area contributed by atoms with Gasteiger partial charge in [-0.15, -0.1) is 0 Å². The molecule has 2 fully saturated rings. The van der Waals surface area contributed by atoms with Gasteiger partial charge in [-0.25, -0.2) is 0 Å². The van der Waals surface area contributed by atoms with E-state index in [4.69, 9.17) is 20.8 Å². The van der Waals surface area contributed by atoms with E-state index in [9.17, 15) is 15.0 Å². The molecule has 0 bridgehead atoms. The van der Waals surface area contributed by atoms with Gasteiger partial charge in [-0.3, -0.25) is 9.69 Å². The SMILES string of the molecule is O=C(NCC1CCCO1)c1cc2cc(C3(O)CCN(Cc4cc(Cl)ccc4O)CC3)ccc2o1. The number of carbonyl (C=O) groups is 1. The number of amides is 1. The smallest absolute Gasteiger partial charge is 0.287 e. The van der Waals surface area contributed by atoms with Gasteiger partial charge in [0.1, 0.15) is 11.3 Å². The van der Waals surface area contributed by atoms with E-state index in [1.807, 2.05) is 18.2 Å². The van der Waals surface area contributed by atoms with Crippen LogP contribution in [0, 0.1) is 0 Å². The number of phenolic OH excluding ortho intramolecular Hbond substituents is 1. The van der Waals surface area contributed by atoms with Crippen LogP contribution in [-0.4, -0.2) is 53.4 Å². The molecule has 3 N–H and O–H groups in total. The number of nitrogens with one attached hydrogen (secondary N) is 1. The van der Waals surface area contributed by atoms with Crippen LogP contribution in [0.1, 0.15) is 47.4 Å². The summed E-state index contributed by atoms with van der Waals surface area (Å²) in [6.45, 7) is 3.17. The highest BCUT2D eigenvalue weighted by atomic mass is 35.5. The molecule has 2 saturated heterocycles. The molecule has 0 spiro atoms. The van der Waals surface area contributed by atoms with Gasteiger partial charge in [0.25, 0.3) is 5.91 Å². The molecule has 2 aliphatic rings. The molecule has 0 saturated carbocycles. The van der Waals surface area contributed by atoms with E-state index in [1.165, 1.54) is 0 Å². The van der Waals surface area contributed by atoms with Crippen LogP contribution < -0.4 is 5.32 Å². The molecule has 1 amide bonds. The van der Waals surface area contributed by atoms with E-state index in [2.05, 4.69) is 10.2 Å². The monoisotopic (exact) mass is 484 g/mol. The average Bonchev–Trinajstić information content (AvgIpc) is 3.51. The summed E-state index contributed by atoms with van der Waals surface area (Å²) in [6, 6.07) is 12.4. The Balaban J connectivity index is 1.24. The maximum atomic E-state index is 12.5. The summed E-state index contributed by atoms with van der Waals surface area (Å²) in [5, 5.41) is 25.7. The van der Waals surface area contributed by atoms with E-state index >= 15 is 0 Å². The van der Waals surface area contributed by atoms with Crippen molar-refractivity contribution in [3.63, 3.8) is 0 Å². The molecule has 1 atom stereocenters. The van der Waals surface area contributed by atoms with Crippen LogP contribution in [0.5, 0.6) is 5.75 Å². The van der Waals surface area contributed by atoms with E-state index < -0.39 is 5.60 Å². The number of likely N-dealkylation sites (tertiary alicyclic amines) is 1. The number of nitrogens with zero attached hydrogens (tertiary/aromatic N) is 1. The molecule has 2 aliphatic heterocycles. The summed E-state index contributed by atoms with van der Waals surface area (Å²) in [7, 11) is 0. The molecule has 3 heterocycles. The van der Waals surface area contributed by atoms with Crippen molar-refractivity contribution < 1.29 is 24.2 Å². The third-order valence-corrected chi connectivity index (χ3v) is 7.15. The van der Waals surface area contributed by atoms with Crippen LogP contribution in [-0.2, 0) is 16.9 Å². The Bertz CT molecular complexity index is 1180. The first kappa shape index (κ1) is 23.2. The van der Waals surface area contributed by atoms with Crippen LogP contribution >= 0.6 is 11.6 Å². The number of halogens is 1. The molecule has 5 rings (SSSR count). The van der Waals surface area contributed by atoms with Crippen molar-refractivity contribution in [2.24, 2.45) is 0 Å². The fourth-order valence-electron chi connectivity index (χ4n) is 4.84. The molecular formula is C26H29ClN2O5. The molecule has 1 unspecified atom stereocenters. The van der Waals surface area contributed by atoms with E-state index in [-0.39, 0.29) is 23.5 Å². The van der Waals surface area contributed by atoms with Gasteiger partial charge in [0.15, 0.2) is 5.76 Å². The maximum Gasteiger partial charge on any atom is 0.287 e. The van der Waals surface area contributed by atoms with Crippen LogP contribution in [0.4, 0.5) is 0 Å². The molecule has 1 aromatic heterocycles. The molecule has 7 nitrogen and oxygen atoms in total. The van der Waals surface area contributed by atoms with E-state index in [1.54, 1.807) is 24.3 Å². The summed E-state index contributed by atoms with van der Waals surface area (Å²) in [6.07, 6.45) is 3.18. The second-order valence-corrected chi connectivity index (χ2v) is 9.73. The summed E-state index contributed by atoms with van der Waals surface area (Å²) in [4.78, 5) is 14.7. The number of aromatic hydroxyl groups is 1. The third kappa shape index (κ3) is 4.93. The van der Waals surface area contributed by atoms with Gasteiger partial charge >= 0.3 is 0 Å². The second-order valence-electron chi connectivity index (χ2n) is 9.29. The molecular weight excluding hydrogens is 456 g/mol. The lowest BCUT2D eigenvalue weighted by Gasteiger charge is -2.38. The van der Waals surface area contributed by atoms with Crippen LogP contribution in [0.25, 0.3) is 11.0 Å². The number of phenols is 1. The molecule has 8 heteroatoms. The Hall–Kier alpha value is -2.58. The minimum Gasteiger partial charge on any atom is -0.508 e. The summed E-state index contributed by atoms with van der Waals surface area (Å²) in [5.41, 5.74) is 1.25. The number of rotatable bonds is 6. The number of aliphatic hydroxyl groups is 1. The Morgan fingerprint density at radius 1 is 1.18 bits per heavy atom. The number of ether oxygens (including phenoxy) is 1. The second kappa shape index (κ2) is 9.58. The number of carbonyl (C=O) groups excluding carboxylic acids is 1. The first-order valence-corrected chi connectivity index (χ1v) is 12.1. The van der Waals surface area contributed by atoms with Crippen molar-refractivity contribution in [2.45, 2.75) is 43.9 Å². The molecule has 2 aromatic carbocycles. The summed E-state index contributed by atoms with van der Waals surface area (Å²) < 4.78 is 11.3. The predicted molar refractivity (Wildman–Crippen MR) is 129 cm³/mol. The fourth-order valence-corrected chi connectivity index (χ4v) is 5.03. The lowest BCUT2D eigenvalue weighted by molar-refractivity contribution is -0.0277. The predicted octanol–water partition coefficient (Wildman–Crippen LogP) is 4.18. The average molecular weight is 485 g/mol. The van der Waals surface area contributed by atoms with Gasteiger partial charge in [-0.05, 0) is 67.6 Å². The van der Waals surface area contributed by atoms with Crippen molar-refractivity contribution in [3.05, 3.63) is 64.4 Å². The van der Waals surface area contributed by atoms with Gasteiger partial charge in [-0.2, -0.15) is 0 Å². The quantitative estimate of drug-likeness (QED) is 0.485. The number of hydrogen-bond acceptors (Lipinski definition) is 6. The van der Waals surface area contributed by atoms with Crippen LogP contribution in [0.2, 0.25) is 5.02 Å². The zero-order valence-electron chi connectivity index (χ0n) is 18.9. The van der Waals surface area contributed by atoms with Gasteiger partial charge in [-0.1, -0.05) is 17.7 Å². The minimum atomic E-state index is -0.958. The molecule has 0 radical (unpaired) electrons. The Morgan fingerprint density at radius 3 is 2.76 bits per heavy atom. The number of piperidine rings is 1. The largest absolute Gasteiger partial charge is 0.508 e. The van der Waals surface area contributed by atoms with E-state index in [0.717, 1.165) is 36.0 Å². The molecule has 0 aliphatic carbocycles. The maximum absolute atomic E-state index is 12.5. The van der Waals surface area contributed by atoms with Crippen molar-refractivity contribution >= 4 is 28.5 Å². The highest BCUT2D eigenvalue weighted by Crippen LogP contribution is 2.36. The lowest BCUT2D eigenvalue weighted by Crippen LogP contribution is -2.42. The van der Waals surface area contributed by atoms with E-state index in [0.29, 0.717) is 49.6 Å². The first-order chi connectivity index (χ1) is 16.4. The van der Waals surface area contributed by atoms with Crippen molar-refractivity contribution in [1.82, 2.24) is 10.2 Å². The van der Waals surface area contributed by atoms with Crippen molar-refractivity contribution in [3.8, 4) is 5.75 Å². The summed E-state index contributed by atoms with van der Waals surface area (Å²) >= 11 is 6.07. The van der Waals surface area contributed by atoms with Crippen molar-refractivity contribution in [2.75, 3.05) is 26.2 Å². The number of fused-ring (bicyclic) bond motifs is 1. The number of hydrogen-bond donors (Lipinski definition) is 3. The zero-order valence-corrected chi connectivity index (χ0v) is 19.7.